The van der Waals surface area contributed by atoms with Crippen molar-refractivity contribution in [3.05, 3.63) is 127 Å². The number of hydrogen-bond acceptors (Lipinski definition) is 3. The third-order valence-corrected chi connectivity index (χ3v) is 8.92. The molecule has 0 spiro atoms. The number of phenolic OH excluding ortho intramolecular Hbond substituents is 1. The quantitative estimate of drug-likeness (QED) is 0.318. The fourth-order valence-corrected chi connectivity index (χ4v) is 6.79. The summed E-state index contributed by atoms with van der Waals surface area (Å²) >= 11 is 0. The molecule has 1 heterocycles. The maximum Gasteiger partial charge on any atom is 0.285 e. The number of aromatic hydroxyl groups is 1. The zero-order chi connectivity index (χ0) is 22.4. The molecular weight excluding hydrogens is 437 g/mol. The van der Waals surface area contributed by atoms with Gasteiger partial charge in [-0.2, -0.15) is 0 Å². The minimum absolute atomic E-state index is 0. The van der Waals surface area contributed by atoms with Crippen LogP contribution < -0.4 is 15.6 Å². The summed E-state index contributed by atoms with van der Waals surface area (Å²) in [5.74, 6) is 0.246. The van der Waals surface area contributed by atoms with Crippen molar-refractivity contribution < 1.29 is 9.90 Å². The second kappa shape index (κ2) is 11.1. The van der Waals surface area contributed by atoms with Crippen LogP contribution in [0.25, 0.3) is 10.9 Å². The summed E-state index contributed by atoms with van der Waals surface area (Å²) in [6, 6.07) is 39.3. The van der Waals surface area contributed by atoms with Crippen molar-refractivity contribution in [2.24, 2.45) is 0 Å². The molecule has 5 heteroatoms. The first kappa shape index (κ1) is 24.4. The van der Waals surface area contributed by atoms with Crippen LogP contribution in [0.2, 0.25) is 0 Å². The summed E-state index contributed by atoms with van der Waals surface area (Å²) in [6.07, 6.45) is 0. The Labute approximate surface area is 206 Å². The lowest BCUT2D eigenvalue weighted by atomic mass is 10.2. The lowest BCUT2D eigenvalue weighted by molar-refractivity contribution is 0.480. The number of aromatic nitrogens is 1. The van der Waals surface area contributed by atoms with Gasteiger partial charge >= 0.3 is 0 Å². The third kappa shape index (κ3) is 5.42. The lowest BCUT2D eigenvalue weighted by Gasteiger charge is -2.26. The summed E-state index contributed by atoms with van der Waals surface area (Å²) in [5.41, 5.74) is 1.60. The molecule has 0 saturated heterocycles. The van der Waals surface area contributed by atoms with Crippen LogP contribution in [0.3, 0.4) is 0 Å². The average molecular weight is 466 g/mol. The molecule has 0 amide bonds. The maximum absolute atomic E-state index is 11.6. The zero-order valence-electron chi connectivity index (χ0n) is 17.9. The van der Waals surface area contributed by atoms with Crippen LogP contribution in [0.1, 0.15) is 5.69 Å². The van der Waals surface area contributed by atoms with Gasteiger partial charge < -0.3 is 9.90 Å². The van der Waals surface area contributed by atoms with E-state index < -0.39 is 8.32 Å². The molecule has 2 N–H and O–H groups in total. The lowest BCUT2D eigenvalue weighted by Crippen LogP contribution is -2.67. The van der Waals surface area contributed by atoms with Crippen molar-refractivity contribution in [1.29, 1.82) is 0 Å². The van der Waals surface area contributed by atoms with E-state index in [0.29, 0.717) is 5.52 Å². The van der Waals surface area contributed by atoms with Crippen LogP contribution in [0.15, 0.2) is 121 Å². The Hall–Kier alpha value is -3.20. The molecule has 5 aromatic rings. The minimum atomic E-state index is -2.88. The van der Waals surface area contributed by atoms with Crippen molar-refractivity contribution in [1.82, 2.24) is 4.98 Å². The van der Waals surface area contributed by atoms with Gasteiger partial charge in [0, 0.05) is 11.1 Å². The Kier molecular flexibility index (Phi) is 8.21. The molecule has 0 atom stereocenters. The van der Waals surface area contributed by atoms with Crippen molar-refractivity contribution in [3.63, 3.8) is 0 Å². The van der Waals surface area contributed by atoms with Gasteiger partial charge in [-0.3, -0.25) is 0 Å². The number of pyridine rings is 1. The zero-order valence-corrected chi connectivity index (χ0v) is 18.9. The first-order chi connectivity index (χ1) is 15.6. The van der Waals surface area contributed by atoms with E-state index in [1.54, 1.807) is 6.07 Å². The topological polar surface area (TPSA) is 53.4 Å². The van der Waals surface area contributed by atoms with Gasteiger partial charge in [0.25, 0.3) is 8.32 Å². The highest BCUT2D eigenvalue weighted by Gasteiger charge is 2.37. The smallest absolute Gasteiger partial charge is 0.285 e. The number of benzene rings is 4. The van der Waals surface area contributed by atoms with Gasteiger partial charge in [0.2, 0.25) is 0 Å². The summed E-state index contributed by atoms with van der Waals surface area (Å²) in [7, 11) is -2.88. The average Bonchev–Trinajstić information content (AvgIpc) is 2.86. The Morgan fingerprint density at radius 2 is 1.03 bits per heavy atom. The van der Waals surface area contributed by atoms with Crippen LogP contribution >= 0.6 is 0 Å². The molecule has 0 fully saturated rings. The first-order valence-corrected chi connectivity index (χ1v) is 12.5. The maximum atomic E-state index is 11.6. The molecule has 4 aromatic carbocycles. The van der Waals surface area contributed by atoms with E-state index in [4.69, 9.17) is 0 Å². The second-order valence-electron chi connectivity index (χ2n) is 7.61. The van der Waals surface area contributed by atoms with Gasteiger partial charge in [-0.05, 0) is 34.6 Å². The number of phenols is 1. The summed E-state index contributed by atoms with van der Waals surface area (Å²) < 4.78 is 0. The molecule has 164 valence electrons. The molecule has 5 rings (SSSR count). The number of nitrogens with zero attached hydrogens (tertiary/aromatic N) is 1. The molecule has 0 bridgehead atoms. The van der Waals surface area contributed by atoms with Gasteiger partial charge in [0.1, 0.15) is 11.3 Å². The van der Waals surface area contributed by atoms with Crippen molar-refractivity contribution >= 4 is 52.1 Å². The molecule has 0 aliphatic carbocycles. The van der Waals surface area contributed by atoms with Crippen LogP contribution in [0, 0.1) is 6.92 Å². The number of hydrogen-bond donors (Lipinski definition) is 2. The molecule has 0 unspecified atom stereocenters. The summed E-state index contributed by atoms with van der Waals surface area (Å²) in [5, 5.41) is 13.4. The fraction of sp³-hybridized carbons (Fsp3) is 0.0357. The number of aryl methyl sites for hydroxylation is 1. The Balaban J connectivity index is 0.000000202. The highest BCUT2D eigenvalue weighted by Crippen LogP contribution is 2.21. The molecule has 1 aromatic heterocycles. The third-order valence-electron chi connectivity index (χ3n) is 5.41. The van der Waals surface area contributed by atoms with Gasteiger partial charge in [-0.15, -0.1) is 0 Å². The Bertz CT molecular complexity index is 1200. The van der Waals surface area contributed by atoms with E-state index in [9.17, 15) is 9.90 Å². The van der Waals surface area contributed by atoms with E-state index in [1.165, 1.54) is 0 Å². The number of rotatable bonds is 3. The normalized spacial score (nSPS) is 10.6. The molecule has 0 aliphatic rings. The van der Waals surface area contributed by atoms with Crippen molar-refractivity contribution in [2.45, 2.75) is 6.92 Å². The van der Waals surface area contributed by atoms with E-state index in [1.807, 2.05) is 122 Å². The van der Waals surface area contributed by atoms with Crippen LogP contribution in [-0.2, 0) is 0 Å². The SMILES string of the molecule is Cc1ccc2cccc(O)c2n1.O[Si](c1ccccc1)(c1ccccc1)c1ccccc1.[AlH3]. The molecular formula is C28H28AlNO2Si. The van der Waals surface area contributed by atoms with Gasteiger partial charge in [-0.25, -0.2) is 4.98 Å². The van der Waals surface area contributed by atoms with Crippen LogP contribution in [0.4, 0.5) is 0 Å². The van der Waals surface area contributed by atoms with Crippen molar-refractivity contribution in [3.8, 4) is 5.75 Å². The van der Waals surface area contributed by atoms with E-state index >= 15 is 0 Å². The predicted molar refractivity (Wildman–Crippen MR) is 144 cm³/mol. The highest BCUT2D eigenvalue weighted by atomic mass is 28.4. The van der Waals surface area contributed by atoms with Gasteiger partial charge in [0.05, 0.1) is 0 Å². The minimum Gasteiger partial charge on any atom is -0.506 e. The van der Waals surface area contributed by atoms with Gasteiger partial charge in [0.15, 0.2) is 17.4 Å². The molecule has 3 nitrogen and oxygen atoms in total. The molecule has 0 aliphatic heterocycles. The van der Waals surface area contributed by atoms with Crippen LogP contribution in [-0.4, -0.2) is 40.6 Å². The monoisotopic (exact) mass is 465 g/mol. The van der Waals surface area contributed by atoms with Crippen LogP contribution in [0.5, 0.6) is 5.75 Å². The fourth-order valence-electron chi connectivity index (χ4n) is 3.77. The van der Waals surface area contributed by atoms with E-state index in [0.717, 1.165) is 26.6 Å². The summed E-state index contributed by atoms with van der Waals surface area (Å²) in [6.45, 7) is 1.91. The molecule has 0 radical (unpaired) electrons. The predicted octanol–water partition coefficient (Wildman–Crippen LogP) is 2.71. The molecule has 0 saturated carbocycles. The number of fused-ring (bicyclic) bond motifs is 1. The molecule has 33 heavy (non-hydrogen) atoms. The van der Waals surface area contributed by atoms with Crippen molar-refractivity contribution in [2.75, 3.05) is 0 Å². The standard InChI is InChI=1S/C18H16OSi.C10H9NO.Al.3H/c19-20(16-10-4-1-5-11-16,17-12-6-2-7-13-17)18-14-8-3-9-15-18;1-7-5-6-8-3-2-4-9(12)10(8)11-7;;;;/h1-15,19H;2-6,12H,1H3;;;;. The first-order valence-electron chi connectivity index (χ1n) is 10.5. The van der Waals surface area contributed by atoms with E-state index in [-0.39, 0.29) is 23.1 Å². The highest BCUT2D eigenvalue weighted by molar-refractivity contribution is 7.06. The number of para-hydroxylation sites is 1. The second-order valence-corrected chi connectivity index (χ2v) is 10.8. The Morgan fingerprint density at radius 1 is 0.576 bits per heavy atom. The largest absolute Gasteiger partial charge is 0.506 e. The summed E-state index contributed by atoms with van der Waals surface area (Å²) in [4.78, 5) is 15.8. The Morgan fingerprint density at radius 3 is 1.48 bits per heavy atom. The van der Waals surface area contributed by atoms with E-state index in [2.05, 4.69) is 4.98 Å². The van der Waals surface area contributed by atoms with Gasteiger partial charge in [-0.1, -0.05) is 109 Å².